The number of carbonyl (C=O) groups is 1. The van der Waals surface area contributed by atoms with E-state index in [1.165, 1.54) is 0 Å². The van der Waals surface area contributed by atoms with Crippen LogP contribution in [-0.4, -0.2) is 22.2 Å². The highest BCUT2D eigenvalue weighted by molar-refractivity contribution is 6.17. The lowest BCUT2D eigenvalue weighted by molar-refractivity contribution is 0.137. The predicted octanol–water partition coefficient (Wildman–Crippen LogP) is 2.02. The Morgan fingerprint density at radius 2 is 2.00 bits per heavy atom. The van der Waals surface area contributed by atoms with E-state index in [4.69, 9.17) is 26.6 Å². The second-order valence-electron chi connectivity index (χ2n) is 1.05. The highest BCUT2D eigenvalue weighted by atomic mass is 35.5. The van der Waals surface area contributed by atoms with Crippen LogP contribution in [0.5, 0.6) is 0 Å². The van der Waals surface area contributed by atoms with Crippen molar-refractivity contribution in [2.24, 2.45) is 0 Å². The van der Waals surface area contributed by atoms with Gasteiger partial charge in [0.05, 0.1) is 0 Å². The molecule has 0 aliphatic rings. The van der Waals surface area contributed by atoms with Gasteiger partial charge >= 0.3 is 6.16 Å². The SMILES string of the molecule is C=CCCCl.O=C(O)O. The van der Waals surface area contributed by atoms with E-state index in [1.54, 1.807) is 6.08 Å². The molecule has 0 bridgehead atoms. The van der Waals surface area contributed by atoms with Crippen LogP contribution in [0.3, 0.4) is 0 Å². The quantitative estimate of drug-likeness (QED) is 0.470. The van der Waals surface area contributed by atoms with Crippen molar-refractivity contribution < 1.29 is 15.0 Å². The highest BCUT2D eigenvalue weighted by Crippen LogP contribution is 1.80. The van der Waals surface area contributed by atoms with E-state index in [1.807, 2.05) is 0 Å². The highest BCUT2D eigenvalue weighted by Gasteiger charge is 1.70. The van der Waals surface area contributed by atoms with Gasteiger partial charge in [0.2, 0.25) is 0 Å². The van der Waals surface area contributed by atoms with Crippen molar-refractivity contribution in [3.05, 3.63) is 12.7 Å². The minimum atomic E-state index is -1.83. The lowest BCUT2D eigenvalue weighted by Gasteiger charge is -1.70. The van der Waals surface area contributed by atoms with E-state index in [9.17, 15) is 0 Å². The molecule has 0 aromatic heterocycles. The summed E-state index contributed by atoms with van der Waals surface area (Å²) in [5.41, 5.74) is 0. The Labute approximate surface area is 58.6 Å². The normalized spacial score (nSPS) is 6.78. The van der Waals surface area contributed by atoms with Crippen LogP contribution >= 0.6 is 11.6 Å². The molecule has 0 aliphatic carbocycles. The Bertz CT molecular complexity index is 78.3. The second-order valence-corrected chi connectivity index (χ2v) is 1.43. The van der Waals surface area contributed by atoms with Crippen molar-refractivity contribution in [3.8, 4) is 0 Å². The summed E-state index contributed by atoms with van der Waals surface area (Å²) in [6, 6.07) is 0. The zero-order chi connectivity index (χ0) is 7.70. The van der Waals surface area contributed by atoms with Crippen LogP contribution in [0, 0.1) is 0 Å². The van der Waals surface area contributed by atoms with Crippen LogP contribution < -0.4 is 0 Å². The van der Waals surface area contributed by atoms with E-state index in [-0.39, 0.29) is 0 Å². The summed E-state index contributed by atoms with van der Waals surface area (Å²) in [7, 11) is 0. The minimum Gasteiger partial charge on any atom is -0.450 e. The molecule has 4 heteroatoms. The lowest BCUT2D eigenvalue weighted by Crippen LogP contribution is -1.81. The molecule has 0 saturated heterocycles. The van der Waals surface area contributed by atoms with Crippen molar-refractivity contribution in [2.45, 2.75) is 6.42 Å². The standard InChI is InChI=1S/C4H7Cl.CH2O3/c1-2-3-4-5;2-1(3)4/h2H,1,3-4H2;(H2,2,3,4). The average molecular weight is 153 g/mol. The first-order valence-corrected chi connectivity index (χ1v) is 2.77. The summed E-state index contributed by atoms with van der Waals surface area (Å²) < 4.78 is 0. The molecule has 0 spiro atoms. The molecular weight excluding hydrogens is 144 g/mol. The van der Waals surface area contributed by atoms with Crippen LogP contribution in [0.1, 0.15) is 6.42 Å². The fourth-order valence-corrected chi connectivity index (χ4v) is 0.231. The van der Waals surface area contributed by atoms with Gasteiger partial charge in [0, 0.05) is 5.88 Å². The van der Waals surface area contributed by atoms with Crippen LogP contribution in [-0.2, 0) is 0 Å². The van der Waals surface area contributed by atoms with Crippen LogP contribution in [0.25, 0.3) is 0 Å². The lowest BCUT2D eigenvalue weighted by atomic mass is 10.5. The number of hydrogen-bond acceptors (Lipinski definition) is 1. The van der Waals surface area contributed by atoms with Gasteiger partial charge < -0.3 is 10.2 Å². The van der Waals surface area contributed by atoms with Gasteiger partial charge in [-0.2, -0.15) is 0 Å². The zero-order valence-electron chi connectivity index (χ0n) is 4.88. The molecule has 0 radical (unpaired) electrons. The third kappa shape index (κ3) is 121. The summed E-state index contributed by atoms with van der Waals surface area (Å²) >= 11 is 5.23. The first-order chi connectivity index (χ1) is 4.15. The molecule has 0 amide bonds. The molecule has 0 rings (SSSR count). The Morgan fingerprint density at radius 3 is 2.00 bits per heavy atom. The number of allylic oxidation sites excluding steroid dienone is 1. The van der Waals surface area contributed by atoms with Gasteiger partial charge in [-0.1, -0.05) is 6.08 Å². The molecule has 3 nitrogen and oxygen atoms in total. The number of halogens is 1. The monoisotopic (exact) mass is 152 g/mol. The summed E-state index contributed by atoms with van der Waals surface area (Å²) in [4.78, 5) is 8.56. The van der Waals surface area contributed by atoms with Gasteiger partial charge in [-0.25, -0.2) is 4.79 Å². The fraction of sp³-hybridized carbons (Fsp3) is 0.400. The first kappa shape index (κ1) is 11.1. The number of alkyl halides is 1. The number of hydrogen-bond donors (Lipinski definition) is 2. The van der Waals surface area contributed by atoms with Crippen molar-refractivity contribution in [1.29, 1.82) is 0 Å². The largest absolute Gasteiger partial charge is 0.503 e. The molecule has 0 aromatic carbocycles. The first-order valence-electron chi connectivity index (χ1n) is 2.24. The minimum absolute atomic E-state index is 0.698. The average Bonchev–Trinajstić information content (AvgIpc) is 1.66. The molecule has 9 heavy (non-hydrogen) atoms. The fourth-order valence-electron chi connectivity index (χ4n) is 0.0772. The zero-order valence-corrected chi connectivity index (χ0v) is 5.64. The van der Waals surface area contributed by atoms with Crippen molar-refractivity contribution in [1.82, 2.24) is 0 Å². The van der Waals surface area contributed by atoms with Gasteiger partial charge in [0.1, 0.15) is 0 Å². The van der Waals surface area contributed by atoms with Crippen LogP contribution in [0.4, 0.5) is 4.79 Å². The van der Waals surface area contributed by atoms with E-state index >= 15 is 0 Å². The third-order valence-corrected chi connectivity index (χ3v) is 0.531. The van der Waals surface area contributed by atoms with Crippen molar-refractivity contribution >= 4 is 17.8 Å². The molecule has 0 unspecified atom stereocenters. The van der Waals surface area contributed by atoms with Gasteiger partial charge in [-0.15, -0.1) is 18.2 Å². The Kier molecular flexibility index (Phi) is 12.8. The summed E-state index contributed by atoms with van der Waals surface area (Å²) in [6.07, 6.45) is 0.883. The molecule has 54 valence electrons. The maximum atomic E-state index is 8.56. The van der Waals surface area contributed by atoms with Crippen molar-refractivity contribution in [3.63, 3.8) is 0 Å². The number of carboxylic acid groups (broad SMARTS) is 2. The predicted molar refractivity (Wildman–Crippen MR) is 36.2 cm³/mol. The van der Waals surface area contributed by atoms with Gasteiger partial charge in [-0.05, 0) is 6.42 Å². The number of rotatable bonds is 2. The van der Waals surface area contributed by atoms with Crippen LogP contribution in [0.15, 0.2) is 12.7 Å². The Morgan fingerprint density at radius 1 is 1.67 bits per heavy atom. The molecule has 0 atom stereocenters. The molecule has 2 N–H and O–H groups in total. The molecular formula is C5H9ClO3. The second kappa shape index (κ2) is 10.3. The summed E-state index contributed by atoms with van der Waals surface area (Å²) in [5.74, 6) is 0.698. The van der Waals surface area contributed by atoms with E-state index in [0.29, 0.717) is 5.88 Å². The molecule has 0 fully saturated rings. The maximum absolute atomic E-state index is 8.56. The smallest absolute Gasteiger partial charge is 0.450 e. The topological polar surface area (TPSA) is 57.5 Å². The molecule has 0 aromatic rings. The molecule has 0 heterocycles. The third-order valence-electron chi connectivity index (χ3n) is 0.313. The summed E-state index contributed by atoms with van der Waals surface area (Å²) in [5, 5.41) is 13.9. The van der Waals surface area contributed by atoms with Gasteiger partial charge in [-0.3, -0.25) is 0 Å². The van der Waals surface area contributed by atoms with E-state index in [2.05, 4.69) is 6.58 Å². The van der Waals surface area contributed by atoms with E-state index in [0.717, 1.165) is 6.42 Å². The van der Waals surface area contributed by atoms with Gasteiger partial charge in [0.25, 0.3) is 0 Å². The Hall–Kier alpha value is -0.700. The van der Waals surface area contributed by atoms with E-state index < -0.39 is 6.16 Å². The molecule has 0 aliphatic heterocycles. The van der Waals surface area contributed by atoms with Crippen LogP contribution in [0.2, 0.25) is 0 Å². The summed E-state index contributed by atoms with van der Waals surface area (Å²) in [6.45, 7) is 3.47. The molecule has 0 saturated carbocycles. The maximum Gasteiger partial charge on any atom is 0.503 e. The Balaban J connectivity index is 0. The van der Waals surface area contributed by atoms with Crippen molar-refractivity contribution in [2.75, 3.05) is 5.88 Å². The van der Waals surface area contributed by atoms with Gasteiger partial charge in [0.15, 0.2) is 0 Å².